The van der Waals surface area contributed by atoms with Gasteiger partial charge in [0.2, 0.25) is 0 Å². The van der Waals surface area contributed by atoms with E-state index in [4.69, 9.17) is 0 Å². The number of nitrogens with zero attached hydrogens (tertiary/aromatic N) is 3. The number of anilines is 1. The molecule has 1 saturated heterocycles. The number of carbonyl (C=O) groups excluding carboxylic acids is 1. The Hall–Kier alpha value is -2.38. The van der Waals surface area contributed by atoms with Gasteiger partial charge in [0.15, 0.2) is 5.13 Å². The standard InChI is InChI=1S/C17H17N5OS/c23-16(12-1-2-13-14(9-12)20-8-7-19-13)22-17-21-10-15(24-17)11-3-5-18-6-4-11/h1-2,7-11,18H,3-6H2,(H,21,22,23). The van der Waals surface area contributed by atoms with Gasteiger partial charge >= 0.3 is 0 Å². The Labute approximate surface area is 143 Å². The van der Waals surface area contributed by atoms with E-state index in [0.717, 1.165) is 31.4 Å². The summed E-state index contributed by atoms with van der Waals surface area (Å²) in [6.07, 6.45) is 7.40. The molecule has 4 rings (SSSR count). The quantitative estimate of drug-likeness (QED) is 0.767. The molecule has 1 aliphatic heterocycles. The van der Waals surface area contributed by atoms with E-state index in [9.17, 15) is 4.79 Å². The number of fused-ring (bicyclic) bond motifs is 1. The van der Waals surface area contributed by atoms with E-state index >= 15 is 0 Å². The van der Waals surface area contributed by atoms with E-state index in [-0.39, 0.29) is 5.91 Å². The minimum Gasteiger partial charge on any atom is -0.317 e. The average molecular weight is 339 g/mol. The van der Waals surface area contributed by atoms with Gasteiger partial charge in [0.1, 0.15) is 0 Å². The van der Waals surface area contributed by atoms with Crippen LogP contribution in [0.15, 0.2) is 36.8 Å². The summed E-state index contributed by atoms with van der Waals surface area (Å²) in [7, 11) is 0. The first-order chi connectivity index (χ1) is 11.8. The zero-order valence-electron chi connectivity index (χ0n) is 13.0. The molecule has 0 bridgehead atoms. The van der Waals surface area contributed by atoms with Crippen LogP contribution in [0.1, 0.15) is 34.0 Å². The van der Waals surface area contributed by atoms with Crippen molar-refractivity contribution in [1.82, 2.24) is 20.3 Å². The second kappa shape index (κ2) is 6.62. The first-order valence-electron chi connectivity index (χ1n) is 7.98. The molecule has 6 nitrogen and oxygen atoms in total. The van der Waals surface area contributed by atoms with Crippen LogP contribution in [0.4, 0.5) is 5.13 Å². The van der Waals surface area contributed by atoms with Gasteiger partial charge < -0.3 is 5.32 Å². The molecular formula is C17H17N5OS. The molecule has 1 fully saturated rings. The van der Waals surface area contributed by atoms with E-state index < -0.39 is 0 Å². The van der Waals surface area contributed by atoms with E-state index in [1.54, 1.807) is 41.9 Å². The summed E-state index contributed by atoms with van der Waals surface area (Å²) in [4.78, 5) is 26.5. The highest BCUT2D eigenvalue weighted by Crippen LogP contribution is 2.31. The van der Waals surface area contributed by atoms with Crippen LogP contribution >= 0.6 is 11.3 Å². The number of hydrogen-bond donors (Lipinski definition) is 2. The van der Waals surface area contributed by atoms with Crippen molar-refractivity contribution in [2.75, 3.05) is 18.4 Å². The lowest BCUT2D eigenvalue weighted by Crippen LogP contribution is -2.26. The van der Waals surface area contributed by atoms with Crippen LogP contribution in [0, 0.1) is 0 Å². The highest BCUT2D eigenvalue weighted by molar-refractivity contribution is 7.15. The predicted octanol–water partition coefficient (Wildman–Crippen LogP) is 2.81. The summed E-state index contributed by atoms with van der Waals surface area (Å²) in [5.41, 5.74) is 2.04. The molecule has 1 aromatic carbocycles. The summed E-state index contributed by atoms with van der Waals surface area (Å²) in [5.74, 6) is 0.374. The number of hydrogen-bond acceptors (Lipinski definition) is 6. The van der Waals surface area contributed by atoms with Crippen molar-refractivity contribution in [2.45, 2.75) is 18.8 Å². The summed E-state index contributed by atoms with van der Waals surface area (Å²) in [5, 5.41) is 6.90. The Morgan fingerprint density at radius 2 is 1.92 bits per heavy atom. The van der Waals surface area contributed by atoms with Gasteiger partial charge in [-0.2, -0.15) is 0 Å². The lowest BCUT2D eigenvalue weighted by molar-refractivity contribution is 0.102. The Bertz CT molecular complexity index is 872. The van der Waals surface area contributed by atoms with Crippen molar-refractivity contribution >= 4 is 33.4 Å². The molecule has 2 N–H and O–H groups in total. The lowest BCUT2D eigenvalue weighted by atomic mass is 9.97. The van der Waals surface area contributed by atoms with Crippen LogP contribution in [0.25, 0.3) is 11.0 Å². The number of amides is 1. The van der Waals surface area contributed by atoms with Gasteiger partial charge in [0.25, 0.3) is 5.91 Å². The average Bonchev–Trinajstić information content (AvgIpc) is 3.10. The lowest BCUT2D eigenvalue weighted by Gasteiger charge is -2.20. The number of aromatic nitrogens is 3. The van der Waals surface area contributed by atoms with Gasteiger partial charge in [-0.15, -0.1) is 11.3 Å². The predicted molar refractivity (Wildman–Crippen MR) is 94.4 cm³/mol. The number of benzene rings is 1. The first-order valence-corrected chi connectivity index (χ1v) is 8.80. The minimum atomic E-state index is -0.172. The zero-order chi connectivity index (χ0) is 16.4. The van der Waals surface area contributed by atoms with Crippen molar-refractivity contribution in [3.05, 3.63) is 47.2 Å². The smallest absolute Gasteiger partial charge is 0.257 e. The molecule has 1 amide bonds. The molecule has 1 aliphatic rings. The third kappa shape index (κ3) is 3.13. The molecule has 3 aromatic rings. The zero-order valence-corrected chi connectivity index (χ0v) is 13.8. The molecule has 0 spiro atoms. The molecule has 0 aliphatic carbocycles. The third-order valence-corrected chi connectivity index (χ3v) is 5.29. The molecule has 24 heavy (non-hydrogen) atoms. The maximum atomic E-state index is 12.4. The first kappa shape index (κ1) is 15.2. The summed E-state index contributed by atoms with van der Waals surface area (Å²) in [6.45, 7) is 2.09. The van der Waals surface area contributed by atoms with E-state index in [1.165, 1.54) is 4.88 Å². The molecule has 3 heterocycles. The second-order valence-electron chi connectivity index (χ2n) is 5.81. The normalized spacial score (nSPS) is 15.5. The molecule has 0 saturated carbocycles. The molecule has 122 valence electrons. The molecule has 0 unspecified atom stereocenters. The summed E-state index contributed by atoms with van der Waals surface area (Å²) >= 11 is 1.57. The third-order valence-electron chi connectivity index (χ3n) is 4.22. The molecule has 7 heteroatoms. The Morgan fingerprint density at radius 3 is 2.75 bits per heavy atom. The number of carbonyl (C=O) groups is 1. The fraction of sp³-hybridized carbons (Fsp3) is 0.294. The van der Waals surface area contributed by atoms with Crippen molar-refractivity contribution in [2.24, 2.45) is 0 Å². The second-order valence-corrected chi connectivity index (χ2v) is 6.87. The van der Waals surface area contributed by atoms with Gasteiger partial charge in [-0.05, 0) is 50.0 Å². The van der Waals surface area contributed by atoms with Crippen LogP contribution < -0.4 is 10.6 Å². The van der Waals surface area contributed by atoms with Gasteiger partial charge in [-0.25, -0.2) is 4.98 Å². The maximum absolute atomic E-state index is 12.4. The van der Waals surface area contributed by atoms with Crippen molar-refractivity contribution < 1.29 is 4.79 Å². The number of piperidine rings is 1. The highest BCUT2D eigenvalue weighted by atomic mass is 32.1. The molecule has 0 atom stereocenters. The molecule has 0 radical (unpaired) electrons. The van der Waals surface area contributed by atoms with Crippen molar-refractivity contribution in [3.8, 4) is 0 Å². The number of thiazole rings is 1. The van der Waals surface area contributed by atoms with E-state index in [2.05, 4.69) is 25.6 Å². The fourth-order valence-corrected chi connectivity index (χ4v) is 3.89. The topological polar surface area (TPSA) is 79.8 Å². The van der Waals surface area contributed by atoms with E-state index in [1.807, 2.05) is 6.20 Å². The largest absolute Gasteiger partial charge is 0.317 e. The van der Waals surface area contributed by atoms with Crippen LogP contribution in [0.2, 0.25) is 0 Å². The van der Waals surface area contributed by atoms with Gasteiger partial charge in [0.05, 0.1) is 11.0 Å². The van der Waals surface area contributed by atoms with Crippen molar-refractivity contribution in [1.29, 1.82) is 0 Å². The van der Waals surface area contributed by atoms with Crippen LogP contribution in [-0.4, -0.2) is 33.9 Å². The molecular weight excluding hydrogens is 322 g/mol. The van der Waals surface area contributed by atoms with Gasteiger partial charge in [0, 0.05) is 29.0 Å². The summed E-state index contributed by atoms with van der Waals surface area (Å²) in [6, 6.07) is 5.31. The maximum Gasteiger partial charge on any atom is 0.257 e. The van der Waals surface area contributed by atoms with Crippen LogP contribution in [-0.2, 0) is 0 Å². The highest BCUT2D eigenvalue weighted by Gasteiger charge is 2.18. The van der Waals surface area contributed by atoms with Crippen LogP contribution in [0.3, 0.4) is 0 Å². The number of nitrogens with one attached hydrogen (secondary N) is 2. The van der Waals surface area contributed by atoms with Crippen molar-refractivity contribution in [3.63, 3.8) is 0 Å². The van der Waals surface area contributed by atoms with Gasteiger partial charge in [-0.3, -0.25) is 20.1 Å². The minimum absolute atomic E-state index is 0.172. The van der Waals surface area contributed by atoms with Gasteiger partial charge in [-0.1, -0.05) is 0 Å². The van der Waals surface area contributed by atoms with E-state index in [0.29, 0.717) is 22.1 Å². The molecule has 2 aromatic heterocycles. The Morgan fingerprint density at radius 1 is 1.12 bits per heavy atom. The Kier molecular flexibility index (Phi) is 4.18. The Balaban J connectivity index is 1.49. The fourth-order valence-electron chi connectivity index (χ4n) is 2.91. The van der Waals surface area contributed by atoms with Crippen LogP contribution in [0.5, 0.6) is 0 Å². The summed E-state index contributed by atoms with van der Waals surface area (Å²) < 4.78 is 0. The monoisotopic (exact) mass is 339 g/mol. The SMILES string of the molecule is O=C(Nc1ncc(C2CCNCC2)s1)c1ccc2nccnc2c1. The number of rotatable bonds is 3.